The van der Waals surface area contributed by atoms with E-state index in [1.54, 1.807) is 45.6 Å². The summed E-state index contributed by atoms with van der Waals surface area (Å²) in [5, 5.41) is 10.3. The van der Waals surface area contributed by atoms with Crippen LogP contribution in [0.3, 0.4) is 0 Å². The second-order valence-corrected chi connectivity index (χ2v) is 8.29. The number of amides is 2. The molecule has 4 rings (SSSR count). The number of anilines is 2. The fourth-order valence-corrected chi connectivity index (χ4v) is 4.39. The van der Waals surface area contributed by atoms with Crippen molar-refractivity contribution in [3.05, 3.63) is 36.0 Å². The molecule has 0 radical (unpaired) electrons. The van der Waals surface area contributed by atoms with E-state index in [1.165, 1.54) is 26.0 Å². The Kier molecular flexibility index (Phi) is 7.91. The Hall–Kier alpha value is -4.45. The van der Waals surface area contributed by atoms with Gasteiger partial charge in [0.1, 0.15) is 11.9 Å². The van der Waals surface area contributed by atoms with E-state index in [0.717, 1.165) is 5.56 Å². The maximum absolute atomic E-state index is 13.0. The van der Waals surface area contributed by atoms with Crippen molar-refractivity contribution in [3.8, 4) is 39.9 Å². The molecule has 0 fully saturated rings. The predicted molar refractivity (Wildman–Crippen MR) is 138 cm³/mol. The molecule has 0 bridgehead atoms. The Bertz CT molecular complexity index is 1330. The molecule has 2 aromatic carbocycles. The number of benzene rings is 2. The minimum Gasteiger partial charge on any atom is -0.493 e. The quantitative estimate of drug-likeness (QED) is 0.386. The molecule has 2 amide bonds. The number of fused-ring (bicyclic) bond motifs is 1. The fraction of sp³-hybridized carbons (Fsp3) is 0.346. The molecule has 0 aliphatic carbocycles. The number of ether oxygens (including phenoxy) is 6. The Labute approximate surface area is 219 Å². The number of hydrogen-bond donors (Lipinski definition) is 2. The molecule has 1 atom stereocenters. The summed E-state index contributed by atoms with van der Waals surface area (Å²) in [6, 6.07) is 7.77. The first-order valence-corrected chi connectivity index (χ1v) is 11.6. The lowest BCUT2D eigenvalue weighted by atomic mass is 10.0. The van der Waals surface area contributed by atoms with Crippen LogP contribution in [0, 0.1) is 0 Å². The third kappa shape index (κ3) is 4.90. The van der Waals surface area contributed by atoms with Crippen LogP contribution in [-0.2, 0) is 20.9 Å². The zero-order valence-corrected chi connectivity index (χ0v) is 22.0. The van der Waals surface area contributed by atoms with Crippen LogP contribution in [0.25, 0.3) is 11.1 Å². The molecule has 38 heavy (non-hydrogen) atoms. The molecule has 1 aromatic heterocycles. The molecule has 1 aliphatic rings. The average molecular weight is 527 g/mol. The Morgan fingerprint density at radius 2 is 1.58 bits per heavy atom. The molecular weight excluding hydrogens is 496 g/mol. The van der Waals surface area contributed by atoms with Crippen LogP contribution in [0.1, 0.15) is 18.2 Å². The van der Waals surface area contributed by atoms with Gasteiger partial charge in [-0.25, -0.2) is 4.68 Å². The number of methoxy groups -OCH3 is 6. The summed E-state index contributed by atoms with van der Waals surface area (Å²) in [7, 11) is 9.12. The maximum Gasteiger partial charge on any atom is 0.251 e. The molecule has 2 heterocycles. The molecular formula is C26H30N4O8. The van der Waals surface area contributed by atoms with Crippen molar-refractivity contribution >= 4 is 23.3 Å². The summed E-state index contributed by atoms with van der Waals surface area (Å²) in [4.78, 5) is 26.0. The van der Waals surface area contributed by atoms with E-state index in [0.29, 0.717) is 51.5 Å². The predicted octanol–water partition coefficient (Wildman–Crippen LogP) is 3.26. The third-order valence-electron chi connectivity index (χ3n) is 6.10. The van der Waals surface area contributed by atoms with E-state index in [-0.39, 0.29) is 18.9 Å². The average Bonchev–Trinajstić information content (AvgIpc) is 3.41. The van der Waals surface area contributed by atoms with Gasteiger partial charge >= 0.3 is 0 Å². The standard InChI is InChI=1S/C26H30N4O8/c1-33-13-16-23(14-7-8-18(34-2)19(9-14)35-3)25-28-26(32)17(30(25)29-16)12-22(31)27-15-10-20(36-4)24(38-6)21(11-15)37-5/h7-11,17H,12-13H2,1-6H3,(H,27,31)(H,28,32). The molecule has 0 saturated heterocycles. The third-order valence-corrected chi connectivity index (χ3v) is 6.10. The topological polar surface area (TPSA) is 131 Å². The monoisotopic (exact) mass is 526 g/mol. The molecule has 1 aliphatic heterocycles. The number of hydrogen-bond acceptors (Lipinski definition) is 9. The van der Waals surface area contributed by atoms with Crippen LogP contribution < -0.4 is 34.3 Å². The highest BCUT2D eigenvalue weighted by atomic mass is 16.5. The van der Waals surface area contributed by atoms with Gasteiger partial charge in [0, 0.05) is 24.9 Å². The number of aromatic nitrogens is 2. The molecule has 0 spiro atoms. The second-order valence-electron chi connectivity index (χ2n) is 8.29. The van der Waals surface area contributed by atoms with Gasteiger partial charge in [-0.15, -0.1) is 0 Å². The van der Waals surface area contributed by atoms with Gasteiger partial charge in [-0.1, -0.05) is 6.07 Å². The van der Waals surface area contributed by atoms with E-state index in [1.807, 2.05) is 6.07 Å². The normalized spacial score (nSPS) is 13.9. The molecule has 0 saturated carbocycles. The molecule has 2 N–H and O–H groups in total. The number of nitrogens with zero attached hydrogens (tertiary/aromatic N) is 2. The van der Waals surface area contributed by atoms with Crippen molar-refractivity contribution in [2.75, 3.05) is 53.3 Å². The first-order valence-electron chi connectivity index (χ1n) is 11.6. The van der Waals surface area contributed by atoms with Crippen LogP contribution in [0.15, 0.2) is 30.3 Å². The van der Waals surface area contributed by atoms with Gasteiger partial charge in [0.05, 0.1) is 59.8 Å². The van der Waals surface area contributed by atoms with Crippen LogP contribution in [0.5, 0.6) is 28.7 Å². The van der Waals surface area contributed by atoms with E-state index < -0.39 is 11.9 Å². The van der Waals surface area contributed by atoms with Crippen molar-refractivity contribution in [1.82, 2.24) is 9.78 Å². The van der Waals surface area contributed by atoms with Crippen LogP contribution in [0.2, 0.25) is 0 Å². The summed E-state index contributed by atoms with van der Waals surface area (Å²) >= 11 is 0. The summed E-state index contributed by atoms with van der Waals surface area (Å²) in [5.41, 5.74) is 2.45. The summed E-state index contributed by atoms with van der Waals surface area (Å²) < 4.78 is 33.7. The Morgan fingerprint density at radius 1 is 0.921 bits per heavy atom. The SMILES string of the molecule is COCc1nn2c(c1-c1ccc(OC)c(OC)c1)NC(=O)C2CC(=O)Nc1cc(OC)c(OC)c(OC)c1. The van der Waals surface area contributed by atoms with Crippen molar-refractivity contribution in [3.63, 3.8) is 0 Å². The zero-order chi connectivity index (χ0) is 27.4. The van der Waals surface area contributed by atoms with Crippen molar-refractivity contribution < 1.29 is 38.0 Å². The molecule has 202 valence electrons. The van der Waals surface area contributed by atoms with Crippen molar-refractivity contribution in [2.45, 2.75) is 19.1 Å². The van der Waals surface area contributed by atoms with Crippen LogP contribution in [0.4, 0.5) is 11.5 Å². The smallest absolute Gasteiger partial charge is 0.251 e. The minimum atomic E-state index is -0.864. The van der Waals surface area contributed by atoms with Gasteiger partial charge in [-0.2, -0.15) is 5.10 Å². The number of carbonyl (C=O) groups is 2. The van der Waals surface area contributed by atoms with E-state index in [2.05, 4.69) is 15.7 Å². The highest BCUT2D eigenvalue weighted by molar-refractivity contribution is 6.04. The van der Waals surface area contributed by atoms with E-state index in [9.17, 15) is 9.59 Å². The van der Waals surface area contributed by atoms with Gasteiger partial charge in [-0.3, -0.25) is 9.59 Å². The molecule has 1 unspecified atom stereocenters. The fourth-order valence-electron chi connectivity index (χ4n) is 4.39. The number of nitrogens with one attached hydrogen (secondary N) is 2. The number of rotatable bonds is 11. The number of carbonyl (C=O) groups excluding carboxylic acids is 2. The summed E-state index contributed by atoms with van der Waals surface area (Å²) in [5.74, 6) is 2.00. The Balaban J connectivity index is 1.63. The summed E-state index contributed by atoms with van der Waals surface area (Å²) in [6.07, 6.45) is -0.158. The first-order chi connectivity index (χ1) is 18.4. The Morgan fingerprint density at radius 3 is 2.16 bits per heavy atom. The van der Waals surface area contributed by atoms with Gasteiger partial charge in [0.25, 0.3) is 5.91 Å². The minimum absolute atomic E-state index is 0.158. The lowest BCUT2D eigenvalue weighted by Gasteiger charge is -2.15. The van der Waals surface area contributed by atoms with E-state index in [4.69, 9.17) is 28.4 Å². The lowest BCUT2D eigenvalue weighted by Crippen LogP contribution is -2.24. The highest BCUT2D eigenvalue weighted by Crippen LogP contribution is 2.42. The van der Waals surface area contributed by atoms with Gasteiger partial charge in [-0.05, 0) is 17.7 Å². The van der Waals surface area contributed by atoms with Gasteiger partial charge < -0.3 is 39.1 Å². The van der Waals surface area contributed by atoms with Crippen LogP contribution in [-0.4, -0.2) is 64.3 Å². The van der Waals surface area contributed by atoms with Gasteiger partial charge in [0.2, 0.25) is 11.7 Å². The first kappa shape index (κ1) is 26.6. The molecule has 12 nitrogen and oxygen atoms in total. The molecule has 3 aromatic rings. The van der Waals surface area contributed by atoms with Crippen molar-refractivity contribution in [1.29, 1.82) is 0 Å². The largest absolute Gasteiger partial charge is 0.493 e. The van der Waals surface area contributed by atoms with Crippen LogP contribution >= 0.6 is 0 Å². The van der Waals surface area contributed by atoms with Gasteiger partial charge in [0.15, 0.2) is 23.0 Å². The van der Waals surface area contributed by atoms with Crippen molar-refractivity contribution in [2.24, 2.45) is 0 Å². The molecule has 12 heteroatoms. The zero-order valence-electron chi connectivity index (χ0n) is 22.0. The maximum atomic E-state index is 13.0. The second kappa shape index (κ2) is 11.3. The summed E-state index contributed by atoms with van der Waals surface area (Å²) in [6.45, 7) is 0.198. The van der Waals surface area contributed by atoms with E-state index >= 15 is 0 Å². The highest BCUT2D eigenvalue weighted by Gasteiger charge is 2.37. The lowest BCUT2D eigenvalue weighted by molar-refractivity contribution is -0.123.